The third-order valence-electron chi connectivity index (χ3n) is 5.35. The number of carbonyl (C=O) groups is 1. The van der Waals surface area contributed by atoms with E-state index < -0.39 is 0 Å². The number of amides is 1. The Balaban J connectivity index is 1.62. The highest BCUT2D eigenvalue weighted by Crippen LogP contribution is 2.43. The molecule has 0 bridgehead atoms. The first-order chi connectivity index (χ1) is 16.2. The molecule has 1 amide bonds. The van der Waals surface area contributed by atoms with Crippen LogP contribution in [0.3, 0.4) is 0 Å². The monoisotopic (exact) mass is 440 g/mol. The molecule has 0 unspecified atom stereocenters. The van der Waals surface area contributed by atoms with Crippen molar-refractivity contribution in [3.8, 4) is 22.9 Å². The number of anilines is 2. The molecular formula is C24H20N6O3. The van der Waals surface area contributed by atoms with Gasteiger partial charge in [0.15, 0.2) is 17.3 Å². The molecule has 0 radical (unpaired) electrons. The normalized spacial score (nSPS) is 13.8. The van der Waals surface area contributed by atoms with Crippen molar-refractivity contribution in [2.24, 2.45) is 0 Å². The Kier molecular flexibility index (Phi) is 5.19. The summed E-state index contributed by atoms with van der Waals surface area (Å²) in [5.41, 5.74) is 5.10. The van der Waals surface area contributed by atoms with E-state index in [0.717, 1.165) is 22.4 Å². The molecule has 1 aliphatic heterocycles. The zero-order chi connectivity index (χ0) is 22.8. The topological polar surface area (TPSA) is 114 Å². The van der Waals surface area contributed by atoms with Crippen molar-refractivity contribution in [3.05, 3.63) is 77.9 Å². The van der Waals surface area contributed by atoms with E-state index in [0.29, 0.717) is 34.3 Å². The van der Waals surface area contributed by atoms with E-state index in [9.17, 15) is 4.79 Å². The fraction of sp³-hybridized carbons (Fsp3) is 0.0833. The number of hydrogen-bond acceptors (Lipinski definition) is 7. The molecule has 0 spiro atoms. The Morgan fingerprint density at radius 3 is 2.33 bits per heavy atom. The van der Waals surface area contributed by atoms with Crippen LogP contribution in [0.15, 0.2) is 66.7 Å². The molecule has 5 rings (SSSR count). The van der Waals surface area contributed by atoms with E-state index in [1.807, 2.05) is 60.7 Å². The number of tetrazole rings is 1. The maximum absolute atomic E-state index is 13.1. The SMILES string of the molecule is COc1cc2c(cc1OC)C(=C(Nc1ccc(-c3nnn[nH]3)cc1)c1ccccc1)C(=O)N2. The van der Waals surface area contributed by atoms with Crippen LogP contribution < -0.4 is 20.1 Å². The van der Waals surface area contributed by atoms with Gasteiger partial charge in [-0.15, -0.1) is 5.10 Å². The van der Waals surface area contributed by atoms with Crippen LogP contribution in [0.4, 0.5) is 11.4 Å². The van der Waals surface area contributed by atoms with Gasteiger partial charge in [0.2, 0.25) is 0 Å². The predicted molar refractivity (Wildman–Crippen MR) is 125 cm³/mol. The minimum absolute atomic E-state index is 0.212. The highest BCUT2D eigenvalue weighted by Gasteiger charge is 2.30. The van der Waals surface area contributed by atoms with Crippen molar-refractivity contribution in [2.75, 3.05) is 24.9 Å². The number of ether oxygens (including phenoxy) is 2. The Morgan fingerprint density at radius 2 is 1.67 bits per heavy atom. The van der Waals surface area contributed by atoms with Crippen LogP contribution in [0.1, 0.15) is 11.1 Å². The maximum Gasteiger partial charge on any atom is 0.258 e. The lowest BCUT2D eigenvalue weighted by Crippen LogP contribution is -2.10. The molecule has 1 aliphatic rings. The molecule has 3 N–H and O–H groups in total. The van der Waals surface area contributed by atoms with Gasteiger partial charge in [-0.25, -0.2) is 5.10 Å². The van der Waals surface area contributed by atoms with Crippen molar-refractivity contribution in [2.45, 2.75) is 0 Å². The summed E-state index contributed by atoms with van der Waals surface area (Å²) in [5.74, 6) is 1.46. The number of hydrogen-bond donors (Lipinski definition) is 3. The summed E-state index contributed by atoms with van der Waals surface area (Å²) in [4.78, 5) is 13.1. The summed E-state index contributed by atoms with van der Waals surface area (Å²) in [6.07, 6.45) is 0. The van der Waals surface area contributed by atoms with Crippen LogP contribution in [-0.2, 0) is 4.79 Å². The van der Waals surface area contributed by atoms with Gasteiger partial charge < -0.3 is 20.1 Å². The lowest BCUT2D eigenvalue weighted by Gasteiger charge is -2.15. The molecule has 1 aromatic heterocycles. The molecule has 9 heteroatoms. The van der Waals surface area contributed by atoms with E-state index in [-0.39, 0.29) is 5.91 Å². The molecule has 0 fully saturated rings. The quantitative estimate of drug-likeness (QED) is 0.391. The van der Waals surface area contributed by atoms with Gasteiger partial charge >= 0.3 is 0 Å². The fourth-order valence-electron chi connectivity index (χ4n) is 3.77. The number of benzene rings is 3. The lowest BCUT2D eigenvalue weighted by atomic mass is 9.99. The van der Waals surface area contributed by atoms with E-state index in [1.165, 1.54) is 0 Å². The number of rotatable bonds is 6. The summed E-state index contributed by atoms with van der Waals surface area (Å²) in [6.45, 7) is 0. The molecular weight excluding hydrogens is 420 g/mol. The van der Waals surface area contributed by atoms with E-state index in [2.05, 4.69) is 31.3 Å². The Morgan fingerprint density at radius 1 is 0.939 bits per heavy atom. The van der Waals surface area contributed by atoms with Crippen molar-refractivity contribution >= 4 is 28.6 Å². The van der Waals surface area contributed by atoms with Crippen molar-refractivity contribution in [1.29, 1.82) is 0 Å². The van der Waals surface area contributed by atoms with Crippen LogP contribution in [0.2, 0.25) is 0 Å². The van der Waals surface area contributed by atoms with Gasteiger partial charge in [0.1, 0.15) is 0 Å². The van der Waals surface area contributed by atoms with Crippen molar-refractivity contribution < 1.29 is 14.3 Å². The smallest absolute Gasteiger partial charge is 0.258 e. The molecule has 3 aromatic carbocycles. The zero-order valence-corrected chi connectivity index (χ0v) is 17.9. The molecule has 0 atom stereocenters. The summed E-state index contributed by atoms with van der Waals surface area (Å²) in [5, 5.41) is 20.3. The van der Waals surface area contributed by atoms with Crippen LogP contribution >= 0.6 is 0 Å². The summed E-state index contributed by atoms with van der Waals surface area (Å²) in [7, 11) is 3.13. The average molecular weight is 440 g/mol. The van der Waals surface area contributed by atoms with Crippen LogP contribution in [-0.4, -0.2) is 40.8 Å². The summed E-state index contributed by atoms with van der Waals surface area (Å²) in [6, 6.07) is 20.9. The van der Waals surface area contributed by atoms with E-state index in [1.54, 1.807) is 20.3 Å². The van der Waals surface area contributed by atoms with Crippen molar-refractivity contribution in [1.82, 2.24) is 20.6 Å². The Bertz CT molecular complexity index is 1330. The Hall–Kier alpha value is -4.66. The second kappa shape index (κ2) is 8.46. The molecule has 4 aromatic rings. The average Bonchev–Trinajstić information content (AvgIpc) is 3.50. The van der Waals surface area contributed by atoms with Gasteiger partial charge in [-0.05, 0) is 46.3 Å². The number of fused-ring (bicyclic) bond motifs is 1. The number of nitrogens with zero attached hydrogens (tertiary/aromatic N) is 3. The van der Waals surface area contributed by atoms with Gasteiger partial charge in [-0.2, -0.15) is 0 Å². The van der Waals surface area contributed by atoms with Crippen LogP contribution in [0.5, 0.6) is 11.5 Å². The maximum atomic E-state index is 13.1. The third-order valence-corrected chi connectivity index (χ3v) is 5.35. The first-order valence-corrected chi connectivity index (χ1v) is 10.2. The Labute approximate surface area is 189 Å². The molecule has 0 saturated carbocycles. The molecule has 9 nitrogen and oxygen atoms in total. The highest BCUT2D eigenvalue weighted by atomic mass is 16.5. The number of methoxy groups -OCH3 is 2. The number of nitrogens with one attached hydrogen (secondary N) is 3. The van der Waals surface area contributed by atoms with Gasteiger partial charge in [-0.1, -0.05) is 30.3 Å². The molecule has 33 heavy (non-hydrogen) atoms. The molecule has 2 heterocycles. The standard InChI is InChI=1S/C24H20N6O3/c1-32-19-12-17-18(13-20(19)33-2)26-24(31)21(17)22(14-6-4-3-5-7-14)25-16-10-8-15(9-11-16)23-27-29-30-28-23/h3-13,25H,1-2H3,(H,26,31)(H,27,28,29,30). The van der Waals surface area contributed by atoms with Gasteiger partial charge in [0.25, 0.3) is 5.91 Å². The number of aromatic nitrogens is 4. The molecule has 0 aliphatic carbocycles. The first kappa shape index (κ1) is 20.3. The lowest BCUT2D eigenvalue weighted by molar-refractivity contribution is -0.110. The summed E-state index contributed by atoms with van der Waals surface area (Å²) >= 11 is 0. The fourth-order valence-corrected chi connectivity index (χ4v) is 3.77. The second-order valence-electron chi connectivity index (χ2n) is 7.28. The van der Waals surface area contributed by atoms with Gasteiger partial charge in [-0.3, -0.25) is 4.79 Å². The molecule has 0 saturated heterocycles. The van der Waals surface area contributed by atoms with Crippen LogP contribution in [0.25, 0.3) is 22.7 Å². The number of H-pyrrole nitrogens is 1. The minimum atomic E-state index is -0.212. The summed E-state index contributed by atoms with van der Waals surface area (Å²) < 4.78 is 10.9. The number of carbonyl (C=O) groups excluding carboxylic acids is 1. The third kappa shape index (κ3) is 3.76. The predicted octanol–water partition coefficient (Wildman–Crippen LogP) is 3.82. The van der Waals surface area contributed by atoms with Gasteiger partial charge in [0, 0.05) is 22.9 Å². The zero-order valence-electron chi connectivity index (χ0n) is 17.9. The highest BCUT2D eigenvalue weighted by molar-refractivity contribution is 6.37. The first-order valence-electron chi connectivity index (χ1n) is 10.2. The van der Waals surface area contributed by atoms with Crippen LogP contribution in [0, 0.1) is 0 Å². The van der Waals surface area contributed by atoms with Crippen molar-refractivity contribution in [3.63, 3.8) is 0 Å². The second-order valence-corrected chi connectivity index (χ2v) is 7.28. The largest absolute Gasteiger partial charge is 0.493 e. The number of aromatic amines is 1. The van der Waals surface area contributed by atoms with E-state index >= 15 is 0 Å². The van der Waals surface area contributed by atoms with Gasteiger partial charge in [0.05, 0.1) is 31.2 Å². The minimum Gasteiger partial charge on any atom is -0.493 e. The molecule has 164 valence electrons. The van der Waals surface area contributed by atoms with E-state index in [4.69, 9.17) is 9.47 Å².